The fourth-order valence-corrected chi connectivity index (χ4v) is 3.32. The summed E-state index contributed by atoms with van der Waals surface area (Å²) in [4.78, 5) is 23.2. The molecule has 2 aliphatic rings. The molecule has 0 aromatic carbocycles. The summed E-state index contributed by atoms with van der Waals surface area (Å²) in [7, 11) is 1.62. The van der Waals surface area contributed by atoms with Crippen LogP contribution in [-0.2, 0) is 20.9 Å². The molecule has 144 valence electrons. The van der Waals surface area contributed by atoms with E-state index in [1.807, 2.05) is 0 Å². The number of ether oxygens (including phenoxy) is 3. The molecule has 8 heteroatoms. The number of anilines is 1. The normalized spacial score (nSPS) is 18.6. The van der Waals surface area contributed by atoms with Crippen LogP contribution in [0.4, 0.5) is 5.95 Å². The number of morpholine rings is 1. The van der Waals surface area contributed by atoms with Crippen molar-refractivity contribution in [1.29, 1.82) is 0 Å². The van der Waals surface area contributed by atoms with E-state index in [-0.39, 0.29) is 18.6 Å². The Bertz CT molecular complexity index is 587. The molecule has 1 aromatic rings. The van der Waals surface area contributed by atoms with Crippen LogP contribution in [0.2, 0.25) is 0 Å². The van der Waals surface area contributed by atoms with Crippen molar-refractivity contribution in [2.45, 2.75) is 44.8 Å². The van der Waals surface area contributed by atoms with Crippen LogP contribution in [0, 0.1) is 0 Å². The van der Waals surface area contributed by atoms with Crippen molar-refractivity contribution in [3.63, 3.8) is 0 Å². The van der Waals surface area contributed by atoms with Gasteiger partial charge in [-0.15, -0.1) is 0 Å². The van der Waals surface area contributed by atoms with Crippen LogP contribution >= 0.6 is 0 Å². The first-order valence-electron chi connectivity index (χ1n) is 9.36. The predicted molar refractivity (Wildman–Crippen MR) is 96.3 cm³/mol. The van der Waals surface area contributed by atoms with Crippen LogP contribution in [0.5, 0.6) is 5.88 Å². The number of carbonyl (C=O) groups is 1. The Hall–Kier alpha value is -1.93. The van der Waals surface area contributed by atoms with Gasteiger partial charge < -0.3 is 24.4 Å². The molecule has 0 radical (unpaired) electrons. The zero-order valence-electron chi connectivity index (χ0n) is 15.4. The van der Waals surface area contributed by atoms with Gasteiger partial charge in [0, 0.05) is 32.3 Å². The molecule has 1 aromatic heterocycles. The van der Waals surface area contributed by atoms with E-state index in [9.17, 15) is 4.79 Å². The van der Waals surface area contributed by atoms with Crippen LogP contribution < -0.4 is 15.0 Å². The smallest absolute Gasteiger partial charge is 0.258 e. The van der Waals surface area contributed by atoms with Gasteiger partial charge in [0.05, 0.1) is 25.5 Å². The summed E-state index contributed by atoms with van der Waals surface area (Å²) in [5.41, 5.74) is 0.728. The van der Waals surface area contributed by atoms with Crippen molar-refractivity contribution in [2.24, 2.45) is 0 Å². The van der Waals surface area contributed by atoms with Gasteiger partial charge in [0.2, 0.25) is 11.8 Å². The van der Waals surface area contributed by atoms with Gasteiger partial charge in [-0.05, 0) is 12.8 Å². The predicted octanol–water partition coefficient (Wildman–Crippen LogP) is 1.29. The summed E-state index contributed by atoms with van der Waals surface area (Å²) in [5, 5.41) is 3.05. The third kappa shape index (κ3) is 5.54. The van der Waals surface area contributed by atoms with Crippen molar-refractivity contribution in [2.75, 3.05) is 44.9 Å². The Morgan fingerprint density at radius 3 is 2.77 bits per heavy atom. The number of nitrogens with one attached hydrogen (secondary N) is 1. The second kappa shape index (κ2) is 9.68. The zero-order valence-corrected chi connectivity index (χ0v) is 15.4. The van der Waals surface area contributed by atoms with E-state index in [1.54, 1.807) is 13.2 Å². The number of amides is 1. The van der Waals surface area contributed by atoms with Crippen molar-refractivity contribution in [1.82, 2.24) is 15.3 Å². The van der Waals surface area contributed by atoms with Crippen molar-refractivity contribution in [3.8, 4) is 5.88 Å². The van der Waals surface area contributed by atoms with E-state index in [0.717, 1.165) is 31.6 Å². The lowest BCUT2D eigenvalue weighted by atomic mass is 9.95. The SMILES string of the molecule is COCc1cc(OCC(=O)NC2CCCCC2)nc(N2CCOCC2)n1. The quantitative estimate of drug-likeness (QED) is 0.780. The van der Waals surface area contributed by atoms with Gasteiger partial charge in [0.25, 0.3) is 5.91 Å². The van der Waals surface area contributed by atoms with Gasteiger partial charge in [-0.3, -0.25) is 4.79 Å². The lowest BCUT2D eigenvalue weighted by Gasteiger charge is -2.27. The molecular weight excluding hydrogens is 336 g/mol. The highest BCUT2D eigenvalue weighted by Crippen LogP contribution is 2.19. The second-order valence-electron chi connectivity index (χ2n) is 6.72. The molecule has 1 N–H and O–H groups in total. The minimum atomic E-state index is -0.100. The molecule has 1 aliphatic heterocycles. The summed E-state index contributed by atoms with van der Waals surface area (Å²) in [6.45, 7) is 3.10. The Morgan fingerprint density at radius 2 is 2.04 bits per heavy atom. The summed E-state index contributed by atoms with van der Waals surface area (Å²) >= 11 is 0. The van der Waals surface area contributed by atoms with Gasteiger partial charge in [-0.2, -0.15) is 4.98 Å². The molecule has 8 nitrogen and oxygen atoms in total. The van der Waals surface area contributed by atoms with Crippen LogP contribution in [-0.4, -0.2) is 61.9 Å². The molecule has 26 heavy (non-hydrogen) atoms. The van der Waals surface area contributed by atoms with E-state index in [4.69, 9.17) is 14.2 Å². The van der Waals surface area contributed by atoms with E-state index >= 15 is 0 Å². The number of nitrogens with zero attached hydrogens (tertiary/aromatic N) is 3. The van der Waals surface area contributed by atoms with Crippen molar-refractivity contribution in [3.05, 3.63) is 11.8 Å². The first kappa shape index (κ1) is 18.8. The van der Waals surface area contributed by atoms with E-state index in [0.29, 0.717) is 31.6 Å². The average Bonchev–Trinajstić information content (AvgIpc) is 2.68. The van der Waals surface area contributed by atoms with Crippen LogP contribution in [0.15, 0.2) is 6.07 Å². The topological polar surface area (TPSA) is 85.8 Å². The highest BCUT2D eigenvalue weighted by atomic mass is 16.5. The molecule has 1 aliphatic carbocycles. The highest BCUT2D eigenvalue weighted by Gasteiger charge is 2.18. The summed E-state index contributed by atoms with van der Waals surface area (Å²) in [6, 6.07) is 2.00. The van der Waals surface area contributed by atoms with Gasteiger partial charge in [-0.1, -0.05) is 19.3 Å². The van der Waals surface area contributed by atoms with Crippen molar-refractivity contribution >= 4 is 11.9 Å². The molecule has 2 fully saturated rings. The molecule has 0 unspecified atom stereocenters. The van der Waals surface area contributed by atoms with Gasteiger partial charge in [-0.25, -0.2) is 4.98 Å². The van der Waals surface area contributed by atoms with E-state index in [1.165, 1.54) is 19.3 Å². The van der Waals surface area contributed by atoms with Gasteiger partial charge in [0.1, 0.15) is 0 Å². The number of carbonyl (C=O) groups excluding carboxylic acids is 1. The van der Waals surface area contributed by atoms with Crippen LogP contribution in [0.3, 0.4) is 0 Å². The summed E-state index contributed by atoms with van der Waals surface area (Å²) in [6.07, 6.45) is 5.73. The molecule has 0 spiro atoms. The van der Waals surface area contributed by atoms with Gasteiger partial charge in [0.15, 0.2) is 6.61 Å². The molecule has 2 heterocycles. The Morgan fingerprint density at radius 1 is 1.27 bits per heavy atom. The largest absolute Gasteiger partial charge is 0.467 e. The highest BCUT2D eigenvalue weighted by molar-refractivity contribution is 5.77. The number of hydrogen-bond donors (Lipinski definition) is 1. The first-order valence-corrected chi connectivity index (χ1v) is 9.36. The number of rotatable bonds is 7. The molecule has 1 saturated carbocycles. The Kier molecular flexibility index (Phi) is 7.02. The molecular formula is C18H28N4O4. The Balaban J connectivity index is 1.60. The van der Waals surface area contributed by atoms with Crippen LogP contribution in [0.25, 0.3) is 0 Å². The molecule has 1 saturated heterocycles. The standard InChI is InChI=1S/C18H28N4O4/c1-24-12-15-11-17(21-18(20-15)22-7-9-25-10-8-22)26-13-16(23)19-14-5-3-2-4-6-14/h11,14H,2-10,12-13H2,1H3,(H,19,23). The maximum absolute atomic E-state index is 12.2. The maximum atomic E-state index is 12.2. The molecule has 0 bridgehead atoms. The third-order valence-corrected chi connectivity index (χ3v) is 4.65. The Labute approximate surface area is 154 Å². The minimum absolute atomic E-state index is 0.0392. The fraction of sp³-hybridized carbons (Fsp3) is 0.722. The second-order valence-corrected chi connectivity index (χ2v) is 6.72. The summed E-state index contributed by atoms with van der Waals surface area (Å²) in [5.74, 6) is 0.884. The fourth-order valence-electron chi connectivity index (χ4n) is 3.32. The van der Waals surface area contributed by atoms with E-state index in [2.05, 4.69) is 20.2 Å². The number of hydrogen-bond acceptors (Lipinski definition) is 7. The summed E-state index contributed by atoms with van der Waals surface area (Å²) < 4.78 is 16.2. The minimum Gasteiger partial charge on any atom is -0.467 e. The van der Waals surface area contributed by atoms with E-state index < -0.39 is 0 Å². The van der Waals surface area contributed by atoms with Crippen molar-refractivity contribution < 1.29 is 19.0 Å². The third-order valence-electron chi connectivity index (χ3n) is 4.65. The van der Waals surface area contributed by atoms with Crippen LogP contribution in [0.1, 0.15) is 37.8 Å². The lowest BCUT2D eigenvalue weighted by molar-refractivity contribution is -0.124. The zero-order chi connectivity index (χ0) is 18.2. The molecule has 3 rings (SSSR count). The molecule has 1 amide bonds. The first-order chi connectivity index (χ1) is 12.7. The molecule has 0 atom stereocenters. The lowest BCUT2D eigenvalue weighted by Crippen LogP contribution is -2.39. The average molecular weight is 364 g/mol. The number of methoxy groups -OCH3 is 1. The maximum Gasteiger partial charge on any atom is 0.258 e. The monoisotopic (exact) mass is 364 g/mol. The van der Waals surface area contributed by atoms with Gasteiger partial charge >= 0.3 is 0 Å². The number of aromatic nitrogens is 2.